The van der Waals surface area contributed by atoms with Crippen LogP contribution >= 0.6 is 0 Å². The Balaban J connectivity index is 1.83. The van der Waals surface area contributed by atoms with E-state index in [1.165, 1.54) is 43.4 Å². The van der Waals surface area contributed by atoms with E-state index in [2.05, 4.69) is 17.0 Å². The van der Waals surface area contributed by atoms with Crippen molar-refractivity contribution in [2.75, 3.05) is 4.90 Å². The lowest BCUT2D eigenvalue weighted by molar-refractivity contribution is 0.576. The van der Waals surface area contributed by atoms with Crippen LogP contribution in [0.4, 0.5) is 5.82 Å². The van der Waals surface area contributed by atoms with Crippen molar-refractivity contribution in [2.24, 2.45) is 0 Å². The van der Waals surface area contributed by atoms with Gasteiger partial charge in [-0.3, -0.25) is 0 Å². The Labute approximate surface area is 107 Å². The van der Waals surface area contributed by atoms with Gasteiger partial charge in [0.1, 0.15) is 11.9 Å². The van der Waals surface area contributed by atoms with Crippen molar-refractivity contribution in [1.29, 1.82) is 5.26 Å². The van der Waals surface area contributed by atoms with Gasteiger partial charge in [-0.2, -0.15) is 5.26 Å². The van der Waals surface area contributed by atoms with Crippen molar-refractivity contribution < 1.29 is 0 Å². The molecule has 1 aromatic heterocycles. The van der Waals surface area contributed by atoms with Crippen LogP contribution in [0.3, 0.4) is 0 Å². The van der Waals surface area contributed by atoms with Gasteiger partial charge in [0.05, 0.1) is 5.56 Å². The normalized spacial score (nSPS) is 28.5. The molecule has 2 saturated heterocycles. The smallest absolute Gasteiger partial charge is 0.147 e. The minimum atomic E-state index is 0.647. The molecule has 3 aliphatic rings. The van der Waals surface area contributed by atoms with E-state index in [0.29, 0.717) is 12.1 Å². The Morgan fingerprint density at radius 2 is 1.89 bits per heavy atom. The summed E-state index contributed by atoms with van der Waals surface area (Å²) in [6.07, 6.45) is 8.54. The fraction of sp³-hybridized carbons (Fsp3) is 0.600. The van der Waals surface area contributed by atoms with E-state index < -0.39 is 0 Å². The van der Waals surface area contributed by atoms with Gasteiger partial charge in [-0.15, -0.1) is 0 Å². The number of aryl methyl sites for hydroxylation is 2. The minimum Gasteiger partial charge on any atom is -0.350 e. The van der Waals surface area contributed by atoms with E-state index in [1.807, 2.05) is 0 Å². The molecule has 2 aliphatic heterocycles. The van der Waals surface area contributed by atoms with Crippen molar-refractivity contribution in [3.63, 3.8) is 0 Å². The van der Waals surface area contributed by atoms with Gasteiger partial charge < -0.3 is 4.90 Å². The minimum absolute atomic E-state index is 0.647. The summed E-state index contributed by atoms with van der Waals surface area (Å²) in [5, 5.41) is 9.39. The molecule has 0 radical (unpaired) electrons. The van der Waals surface area contributed by atoms with Crippen LogP contribution in [0.1, 0.15) is 48.9 Å². The third-order valence-corrected chi connectivity index (χ3v) is 4.85. The first-order valence-corrected chi connectivity index (χ1v) is 7.08. The molecule has 0 amide bonds. The molecule has 0 aromatic carbocycles. The summed E-state index contributed by atoms with van der Waals surface area (Å²) in [6.45, 7) is 0. The number of fused-ring (bicyclic) bond motifs is 3. The summed E-state index contributed by atoms with van der Waals surface area (Å²) < 4.78 is 0. The Kier molecular flexibility index (Phi) is 2.14. The van der Waals surface area contributed by atoms with Gasteiger partial charge in [0.2, 0.25) is 0 Å². The first-order valence-electron chi connectivity index (χ1n) is 7.08. The maximum atomic E-state index is 9.39. The van der Waals surface area contributed by atoms with Crippen LogP contribution in [0.25, 0.3) is 0 Å². The molecular weight excluding hydrogens is 222 g/mol. The summed E-state index contributed by atoms with van der Waals surface area (Å²) in [7, 11) is 0. The second-order valence-electron chi connectivity index (χ2n) is 5.80. The van der Waals surface area contributed by atoms with Gasteiger partial charge in [0.25, 0.3) is 0 Å². The molecule has 1 aliphatic carbocycles. The summed E-state index contributed by atoms with van der Waals surface area (Å²) in [4.78, 5) is 7.31. The monoisotopic (exact) mass is 239 g/mol. The van der Waals surface area contributed by atoms with E-state index in [4.69, 9.17) is 4.98 Å². The summed E-state index contributed by atoms with van der Waals surface area (Å²) in [5.41, 5.74) is 3.35. The molecule has 2 fully saturated rings. The van der Waals surface area contributed by atoms with E-state index in [9.17, 15) is 5.26 Å². The van der Waals surface area contributed by atoms with Crippen molar-refractivity contribution in [3.05, 3.63) is 22.9 Å². The zero-order chi connectivity index (χ0) is 12.1. The average molecular weight is 239 g/mol. The first kappa shape index (κ1) is 10.4. The quantitative estimate of drug-likeness (QED) is 0.756. The fourth-order valence-electron chi connectivity index (χ4n) is 4.00. The number of nitrogens with zero attached hydrogens (tertiary/aromatic N) is 3. The highest BCUT2D eigenvalue weighted by Crippen LogP contribution is 2.42. The van der Waals surface area contributed by atoms with Crippen LogP contribution in [-0.2, 0) is 12.8 Å². The van der Waals surface area contributed by atoms with Gasteiger partial charge in [0.15, 0.2) is 0 Å². The molecule has 0 saturated carbocycles. The van der Waals surface area contributed by atoms with E-state index >= 15 is 0 Å². The predicted octanol–water partition coefficient (Wildman–Crippen LogP) is 2.57. The molecular formula is C15H17N3. The summed E-state index contributed by atoms with van der Waals surface area (Å²) >= 11 is 0. The van der Waals surface area contributed by atoms with Gasteiger partial charge >= 0.3 is 0 Å². The average Bonchev–Trinajstić information content (AvgIpc) is 3.11. The van der Waals surface area contributed by atoms with Gasteiger partial charge in [-0.1, -0.05) is 0 Å². The molecule has 0 spiro atoms. The zero-order valence-electron chi connectivity index (χ0n) is 10.5. The van der Waals surface area contributed by atoms with Crippen molar-refractivity contribution in [2.45, 2.75) is 57.0 Å². The Morgan fingerprint density at radius 1 is 1.17 bits per heavy atom. The molecule has 0 atom stereocenters. The van der Waals surface area contributed by atoms with Crippen molar-refractivity contribution >= 4 is 5.82 Å². The number of hydrogen-bond donors (Lipinski definition) is 0. The van der Waals surface area contributed by atoms with E-state index in [0.717, 1.165) is 24.2 Å². The topological polar surface area (TPSA) is 39.9 Å². The van der Waals surface area contributed by atoms with Gasteiger partial charge in [0, 0.05) is 17.8 Å². The molecule has 18 heavy (non-hydrogen) atoms. The van der Waals surface area contributed by atoms with Crippen LogP contribution < -0.4 is 4.90 Å². The Morgan fingerprint density at radius 3 is 2.56 bits per heavy atom. The summed E-state index contributed by atoms with van der Waals surface area (Å²) in [5.74, 6) is 0.989. The maximum absolute atomic E-state index is 9.39. The molecule has 2 bridgehead atoms. The lowest BCUT2D eigenvalue weighted by atomic mass is 10.0. The van der Waals surface area contributed by atoms with Crippen molar-refractivity contribution in [1.82, 2.24) is 4.98 Å². The molecule has 3 heteroatoms. The van der Waals surface area contributed by atoms with E-state index in [1.54, 1.807) is 0 Å². The largest absolute Gasteiger partial charge is 0.350 e. The molecule has 0 N–H and O–H groups in total. The maximum Gasteiger partial charge on any atom is 0.147 e. The Hall–Kier alpha value is -1.56. The molecule has 3 nitrogen and oxygen atoms in total. The molecule has 4 rings (SSSR count). The number of nitriles is 1. The number of hydrogen-bond acceptors (Lipinski definition) is 3. The van der Waals surface area contributed by atoms with Crippen LogP contribution in [0, 0.1) is 11.3 Å². The molecule has 92 valence electrons. The number of aromatic nitrogens is 1. The van der Waals surface area contributed by atoms with Gasteiger partial charge in [-0.25, -0.2) is 4.98 Å². The highest BCUT2D eigenvalue weighted by atomic mass is 15.3. The van der Waals surface area contributed by atoms with Crippen molar-refractivity contribution in [3.8, 4) is 6.07 Å². The molecule has 1 aromatic rings. The lowest BCUT2D eigenvalue weighted by Crippen LogP contribution is -2.30. The third kappa shape index (κ3) is 1.32. The first-order chi connectivity index (χ1) is 8.86. The fourth-order valence-corrected chi connectivity index (χ4v) is 4.00. The predicted molar refractivity (Wildman–Crippen MR) is 69.5 cm³/mol. The lowest BCUT2D eigenvalue weighted by Gasteiger charge is -2.25. The van der Waals surface area contributed by atoms with E-state index in [-0.39, 0.29) is 0 Å². The zero-order valence-corrected chi connectivity index (χ0v) is 10.5. The highest BCUT2D eigenvalue weighted by molar-refractivity contribution is 5.59. The number of pyridine rings is 1. The second-order valence-corrected chi connectivity index (χ2v) is 5.80. The number of anilines is 1. The van der Waals surface area contributed by atoms with Crippen LogP contribution in [-0.4, -0.2) is 17.1 Å². The standard InChI is InChI=1S/C15H17N3/c16-9-11-8-10-2-1-3-14(10)17-15(11)18-12-4-5-13(18)7-6-12/h8,12-13H,1-7H2. The SMILES string of the molecule is N#Cc1cc2c(nc1N1C3CCC1CC3)CCC2. The summed E-state index contributed by atoms with van der Waals surface area (Å²) in [6, 6.07) is 5.76. The number of rotatable bonds is 1. The van der Waals surface area contributed by atoms with Crippen LogP contribution in [0.15, 0.2) is 6.07 Å². The molecule has 0 unspecified atom stereocenters. The second kappa shape index (κ2) is 3.71. The van der Waals surface area contributed by atoms with Crippen LogP contribution in [0.2, 0.25) is 0 Å². The Bertz CT molecular complexity index is 523. The van der Waals surface area contributed by atoms with Gasteiger partial charge in [-0.05, 0) is 56.6 Å². The molecule has 3 heterocycles. The van der Waals surface area contributed by atoms with Crippen LogP contribution in [0.5, 0.6) is 0 Å². The third-order valence-electron chi connectivity index (χ3n) is 4.85. The highest BCUT2D eigenvalue weighted by Gasteiger charge is 2.41.